The first-order chi connectivity index (χ1) is 17.1. The second-order valence-electron chi connectivity index (χ2n) is 8.71. The Hall–Kier alpha value is -4.27. The lowest BCUT2D eigenvalue weighted by Gasteiger charge is -2.25. The zero-order valence-corrected chi connectivity index (χ0v) is 20.3. The Morgan fingerprint density at radius 1 is 0.667 bits per heavy atom. The van der Waals surface area contributed by atoms with Crippen molar-refractivity contribution in [3.63, 3.8) is 0 Å². The van der Waals surface area contributed by atoms with E-state index in [0.29, 0.717) is 11.4 Å². The number of carbonyl (C=O) groups excluding carboxylic acids is 2. The van der Waals surface area contributed by atoms with Crippen LogP contribution in [0.3, 0.4) is 0 Å². The molecule has 0 atom stereocenters. The molecule has 180 valence electrons. The summed E-state index contributed by atoms with van der Waals surface area (Å²) in [5.41, 5.74) is 3.31. The molecule has 1 aliphatic carbocycles. The quantitative estimate of drug-likeness (QED) is 0.262. The summed E-state index contributed by atoms with van der Waals surface area (Å²) in [5.74, 6) is -0.948. The van der Waals surface area contributed by atoms with Crippen molar-refractivity contribution in [3.8, 4) is 0 Å². The SMILES string of the molecule is Cc1ccc(Nc2cc(S(=O)(=O)O)c(Nc3ccc(C)cc3)c3c2C(=O)c2ccccc2C3=O)cc1. The number of aryl methyl sites for hydroxylation is 2. The second-order valence-corrected chi connectivity index (χ2v) is 10.1. The molecule has 5 rings (SSSR count). The highest BCUT2D eigenvalue weighted by molar-refractivity contribution is 7.86. The Labute approximate surface area is 208 Å². The fourth-order valence-corrected chi connectivity index (χ4v) is 4.95. The molecular formula is C28H22N2O5S. The van der Waals surface area contributed by atoms with Crippen molar-refractivity contribution in [2.45, 2.75) is 18.7 Å². The van der Waals surface area contributed by atoms with Crippen LogP contribution < -0.4 is 10.6 Å². The normalized spacial score (nSPS) is 12.6. The van der Waals surface area contributed by atoms with Crippen LogP contribution in [0.1, 0.15) is 43.0 Å². The predicted octanol–water partition coefficient (Wildman–Crippen LogP) is 5.81. The number of carbonyl (C=O) groups is 2. The third-order valence-electron chi connectivity index (χ3n) is 6.09. The lowest BCUT2D eigenvalue weighted by Crippen LogP contribution is -2.25. The van der Waals surface area contributed by atoms with Crippen LogP contribution in [0.4, 0.5) is 22.7 Å². The van der Waals surface area contributed by atoms with E-state index in [1.165, 1.54) is 12.1 Å². The second kappa shape index (κ2) is 8.75. The van der Waals surface area contributed by atoms with E-state index in [-0.39, 0.29) is 33.6 Å². The molecule has 4 aromatic rings. The van der Waals surface area contributed by atoms with Gasteiger partial charge in [0, 0.05) is 22.5 Å². The van der Waals surface area contributed by atoms with E-state index in [2.05, 4.69) is 10.6 Å². The number of rotatable bonds is 5. The highest BCUT2D eigenvalue weighted by Crippen LogP contribution is 2.42. The number of anilines is 4. The van der Waals surface area contributed by atoms with Crippen molar-refractivity contribution in [1.82, 2.24) is 0 Å². The summed E-state index contributed by atoms with van der Waals surface area (Å²) in [6.45, 7) is 3.83. The monoisotopic (exact) mass is 498 g/mol. The van der Waals surface area contributed by atoms with Gasteiger partial charge in [-0.15, -0.1) is 0 Å². The minimum Gasteiger partial charge on any atom is -0.355 e. The van der Waals surface area contributed by atoms with Crippen LogP contribution in [-0.4, -0.2) is 24.5 Å². The van der Waals surface area contributed by atoms with Gasteiger partial charge in [-0.2, -0.15) is 8.42 Å². The minimum atomic E-state index is -4.80. The molecule has 0 amide bonds. The molecule has 0 aromatic heterocycles. The first-order valence-corrected chi connectivity index (χ1v) is 12.6. The minimum absolute atomic E-state index is 0.0290. The van der Waals surface area contributed by atoms with E-state index in [0.717, 1.165) is 11.1 Å². The number of hydrogen-bond donors (Lipinski definition) is 3. The lowest BCUT2D eigenvalue weighted by molar-refractivity contribution is 0.0980. The van der Waals surface area contributed by atoms with Crippen molar-refractivity contribution < 1.29 is 22.6 Å². The van der Waals surface area contributed by atoms with Gasteiger partial charge in [0.15, 0.2) is 11.6 Å². The molecule has 3 N–H and O–H groups in total. The van der Waals surface area contributed by atoms with Gasteiger partial charge >= 0.3 is 0 Å². The van der Waals surface area contributed by atoms with Crippen LogP contribution in [0.15, 0.2) is 83.8 Å². The zero-order valence-electron chi connectivity index (χ0n) is 19.5. The van der Waals surface area contributed by atoms with E-state index in [9.17, 15) is 22.6 Å². The van der Waals surface area contributed by atoms with Crippen molar-refractivity contribution in [2.24, 2.45) is 0 Å². The summed E-state index contributed by atoms with van der Waals surface area (Å²) in [4.78, 5) is 26.9. The van der Waals surface area contributed by atoms with E-state index in [1.54, 1.807) is 42.5 Å². The van der Waals surface area contributed by atoms with Crippen LogP contribution in [0, 0.1) is 13.8 Å². The van der Waals surface area contributed by atoms with Crippen LogP contribution >= 0.6 is 0 Å². The Morgan fingerprint density at radius 3 is 1.64 bits per heavy atom. The molecule has 0 unspecified atom stereocenters. The summed E-state index contributed by atoms with van der Waals surface area (Å²) >= 11 is 0. The van der Waals surface area contributed by atoms with Crippen molar-refractivity contribution in [1.29, 1.82) is 0 Å². The Bertz CT molecular complexity index is 1640. The van der Waals surface area contributed by atoms with Gasteiger partial charge < -0.3 is 10.6 Å². The highest BCUT2D eigenvalue weighted by atomic mass is 32.2. The lowest BCUT2D eigenvalue weighted by atomic mass is 9.82. The number of fused-ring (bicyclic) bond motifs is 2. The van der Waals surface area contributed by atoms with Crippen LogP contribution in [0.5, 0.6) is 0 Å². The van der Waals surface area contributed by atoms with Gasteiger partial charge in [-0.25, -0.2) is 0 Å². The van der Waals surface area contributed by atoms with Crippen LogP contribution in [0.2, 0.25) is 0 Å². The van der Waals surface area contributed by atoms with Gasteiger partial charge in [0.05, 0.1) is 22.5 Å². The maximum absolute atomic E-state index is 13.8. The molecule has 0 saturated heterocycles. The molecule has 4 aromatic carbocycles. The van der Waals surface area contributed by atoms with Crippen molar-refractivity contribution in [3.05, 3.63) is 112 Å². The molecule has 0 spiro atoms. The summed E-state index contributed by atoms with van der Waals surface area (Å²) in [5, 5.41) is 6.05. The number of benzene rings is 4. The smallest absolute Gasteiger partial charge is 0.296 e. The van der Waals surface area contributed by atoms with Gasteiger partial charge in [0.1, 0.15) is 4.90 Å². The number of nitrogens with one attached hydrogen (secondary N) is 2. The first kappa shape index (κ1) is 23.5. The number of ketones is 2. The Morgan fingerprint density at radius 2 is 1.14 bits per heavy atom. The first-order valence-electron chi connectivity index (χ1n) is 11.2. The van der Waals surface area contributed by atoms with E-state index in [4.69, 9.17) is 0 Å². The van der Waals surface area contributed by atoms with E-state index >= 15 is 0 Å². The molecule has 0 radical (unpaired) electrons. The van der Waals surface area contributed by atoms with Crippen LogP contribution in [0.25, 0.3) is 0 Å². The average molecular weight is 499 g/mol. The van der Waals surface area contributed by atoms with Crippen molar-refractivity contribution in [2.75, 3.05) is 10.6 Å². The Kier molecular flexibility index (Phi) is 5.70. The summed E-state index contributed by atoms with van der Waals surface area (Å²) in [7, 11) is -4.80. The average Bonchev–Trinajstić information content (AvgIpc) is 2.85. The molecule has 8 heteroatoms. The maximum Gasteiger partial charge on any atom is 0.296 e. The largest absolute Gasteiger partial charge is 0.355 e. The van der Waals surface area contributed by atoms with Gasteiger partial charge in [-0.1, -0.05) is 59.7 Å². The zero-order chi connectivity index (χ0) is 25.6. The van der Waals surface area contributed by atoms with Gasteiger partial charge in [-0.05, 0) is 44.2 Å². The summed E-state index contributed by atoms with van der Waals surface area (Å²) in [6, 6.07) is 21.9. The van der Waals surface area contributed by atoms with Gasteiger partial charge in [-0.3, -0.25) is 14.1 Å². The van der Waals surface area contributed by atoms with E-state index < -0.39 is 26.6 Å². The standard InChI is InChI=1S/C28H22N2O5S/c1-16-7-11-18(12-8-16)29-22-15-23(36(33,34)35)26(30-19-13-9-17(2)10-14-19)25-24(22)27(31)20-5-3-4-6-21(20)28(25)32/h3-15,29-30H,1-2H3,(H,33,34,35). The topological polar surface area (TPSA) is 113 Å². The third kappa shape index (κ3) is 4.17. The summed E-state index contributed by atoms with van der Waals surface area (Å²) in [6.07, 6.45) is 0. The van der Waals surface area contributed by atoms with Crippen LogP contribution in [-0.2, 0) is 10.1 Å². The maximum atomic E-state index is 13.8. The predicted molar refractivity (Wildman–Crippen MR) is 138 cm³/mol. The van der Waals surface area contributed by atoms with Gasteiger partial charge in [0.25, 0.3) is 10.1 Å². The molecule has 0 bridgehead atoms. The molecular weight excluding hydrogens is 476 g/mol. The molecule has 0 fully saturated rings. The molecule has 36 heavy (non-hydrogen) atoms. The highest BCUT2D eigenvalue weighted by Gasteiger charge is 2.37. The molecule has 0 aliphatic heterocycles. The molecule has 1 aliphatic rings. The number of hydrogen-bond acceptors (Lipinski definition) is 6. The fourth-order valence-electron chi connectivity index (χ4n) is 4.27. The Balaban J connectivity index is 1.81. The van der Waals surface area contributed by atoms with E-state index in [1.807, 2.05) is 38.1 Å². The molecule has 0 heterocycles. The molecule has 0 saturated carbocycles. The van der Waals surface area contributed by atoms with Gasteiger partial charge in [0.2, 0.25) is 0 Å². The fraction of sp³-hybridized carbons (Fsp3) is 0.0714. The molecule has 7 nitrogen and oxygen atoms in total. The third-order valence-corrected chi connectivity index (χ3v) is 6.97. The summed E-state index contributed by atoms with van der Waals surface area (Å²) < 4.78 is 35.3. The van der Waals surface area contributed by atoms with Crippen molar-refractivity contribution >= 4 is 44.4 Å².